The highest BCUT2D eigenvalue weighted by molar-refractivity contribution is 7.11. The number of likely N-dealkylation sites (tertiary alicyclic amines) is 1. The zero-order valence-electron chi connectivity index (χ0n) is 12.6. The van der Waals surface area contributed by atoms with Crippen LogP contribution in [0.1, 0.15) is 52.8 Å². The number of thiazole rings is 1. The molecule has 0 aliphatic carbocycles. The predicted molar refractivity (Wildman–Crippen MR) is 84.5 cm³/mol. The molecule has 1 unspecified atom stereocenters. The van der Waals surface area contributed by atoms with Gasteiger partial charge in [0.15, 0.2) is 0 Å². The molecular formula is C16H21N3OS. The molecule has 1 saturated heterocycles. The van der Waals surface area contributed by atoms with E-state index >= 15 is 0 Å². The molecule has 3 rings (SSSR count). The molecule has 2 aromatic rings. The Hall–Kier alpha value is -1.62. The van der Waals surface area contributed by atoms with Crippen LogP contribution in [0.25, 0.3) is 0 Å². The van der Waals surface area contributed by atoms with Crippen LogP contribution in [-0.2, 0) is 7.05 Å². The molecule has 1 fully saturated rings. The Labute approximate surface area is 129 Å². The predicted octanol–water partition coefficient (Wildman–Crippen LogP) is 3.55. The van der Waals surface area contributed by atoms with Crippen LogP contribution < -0.4 is 0 Å². The van der Waals surface area contributed by atoms with Crippen molar-refractivity contribution in [2.24, 2.45) is 7.05 Å². The van der Waals surface area contributed by atoms with Crippen molar-refractivity contribution in [2.75, 3.05) is 6.54 Å². The van der Waals surface area contributed by atoms with Gasteiger partial charge in [-0.2, -0.15) is 0 Å². The molecule has 1 atom stereocenters. The third-order valence-electron chi connectivity index (χ3n) is 4.28. The summed E-state index contributed by atoms with van der Waals surface area (Å²) in [6, 6.07) is 4.37. The zero-order chi connectivity index (χ0) is 14.8. The smallest absolute Gasteiger partial charge is 0.266 e. The zero-order valence-corrected chi connectivity index (χ0v) is 13.4. The van der Waals surface area contributed by atoms with Crippen molar-refractivity contribution in [3.05, 3.63) is 40.1 Å². The fourth-order valence-corrected chi connectivity index (χ4v) is 3.87. The van der Waals surface area contributed by atoms with Gasteiger partial charge in [-0.1, -0.05) is 12.8 Å². The summed E-state index contributed by atoms with van der Waals surface area (Å²) < 4.78 is 2.13. The van der Waals surface area contributed by atoms with E-state index in [4.69, 9.17) is 0 Å². The van der Waals surface area contributed by atoms with E-state index in [1.54, 1.807) is 5.51 Å². The SMILES string of the molecule is Cc1ncsc1C(=O)N1CCCCCC1c1cccn1C. The van der Waals surface area contributed by atoms with E-state index in [0.717, 1.165) is 30.0 Å². The van der Waals surface area contributed by atoms with Gasteiger partial charge in [-0.25, -0.2) is 4.98 Å². The Morgan fingerprint density at radius 3 is 2.90 bits per heavy atom. The number of rotatable bonds is 2. The average molecular weight is 303 g/mol. The molecule has 0 bridgehead atoms. The van der Waals surface area contributed by atoms with Crippen molar-refractivity contribution >= 4 is 17.2 Å². The van der Waals surface area contributed by atoms with Crippen molar-refractivity contribution in [1.29, 1.82) is 0 Å². The first kappa shape index (κ1) is 14.3. The van der Waals surface area contributed by atoms with Gasteiger partial charge < -0.3 is 9.47 Å². The highest BCUT2D eigenvalue weighted by atomic mass is 32.1. The lowest BCUT2D eigenvalue weighted by Crippen LogP contribution is -2.35. The Kier molecular flexibility index (Phi) is 4.10. The van der Waals surface area contributed by atoms with Crippen molar-refractivity contribution in [1.82, 2.24) is 14.5 Å². The van der Waals surface area contributed by atoms with Crippen LogP contribution in [0.3, 0.4) is 0 Å². The molecule has 2 aromatic heterocycles. The van der Waals surface area contributed by atoms with Gasteiger partial charge in [-0.3, -0.25) is 4.79 Å². The van der Waals surface area contributed by atoms with Gasteiger partial charge in [0, 0.05) is 25.5 Å². The molecule has 112 valence electrons. The quantitative estimate of drug-likeness (QED) is 0.851. The fraction of sp³-hybridized carbons (Fsp3) is 0.500. The number of amides is 1. The van der Waals surface area contributed by atoms with Gasteiger partial charge in [0.1, 0.15) is 4.88 Å². The van der Waals surface area contributed by atoms with Crippen LogP contribution in [0.4, 0.5) is 0 Å². The summed E-state index contributed by atoms with van der Waals surface area (Å²) in [5.41, 5.74) is 3.84. The maximum Gasteiger partial charge on any atom is 0.266 e. The van der Waals surface area contributed by atoms with Crippen molar-refractivity contribution < 1.29 is 4.79 Å². The van der Waals surface area contributed by atoms with Crippen LogP contribution in [0.5, 0.6) is 0 Å². The Morgan fingerprint density at radius 1 is 1.38 bits per heavy atom. The van der Waals surface area contributed by atoms with Crippen LogP contribution in [0.15, 0.2) is 23.8 Å². The molecule has 0 radical (unpaired) electrons. The van der Waals surface area contributed by atoms with Gasteiger partial charge in [0.05, 0.1) is 17.2 Å². The van der Waals surface area contributed by atoms with Crippen LogP contribution in [-0.4, -0.2) is 26.9 Å². The molecule has 0 spiro atoms. The van der Waals surface area contributed by atoms with E-state index in [-0.39, 0.29) is 11.9 Å². The lowest BCUT2D eigenvalue weighted by Gasteiger charge is -2.30. The molecule has 0 aromatic carbocycles. The minimum Gasteiger partial charge on any atom is -0.353 e. The van der Waals surface area contributed by atoms with E-state index in [1.807, 2.05) is 6.92 Å². The van der Waals surface area contributed by atoms with E-state index in [2.05, 4.69) is 39.8 Å². The summed E-state index contributed by atoms with van der Waals surface area (Å²) in [6.07, 6.45) is 6.57. The molecule has 0 N–H and O–H groups in total. The lowest BCUT2D eigenvalue weighted by atomic mass is 10.1. The average Bonchev–Trinajstić information content (AvgIpc) is 3.00. The lowest BCUT2D eigenvalue weighted by molar-refractivity contribution is 0.0678. The normalized spacial score (nSPS) is 19.5. The second kappa shape index (κ2) is 6.02. The molecule has 4 nitrogen and oxygen atoms in total. The van der Waals surface area contributed by atoms with Crippen LogP contribution in [0, 0.1) is 6.92 Å². The van der Waals surface area contributed by atoms with Gasteiger partial charge in [0.25, 0.3) is 5.91 Å². The van der Waals surface area contributed by atoms with Crippen LogP contribution in [0.2, 0.25) is 0 Å². The maximum atomic E-state index is 12.9. The highest BCUT2D eigenvalue weighted by Gasteiger charge is 2.30. The molecule has 0 saturated carbocycles. The second-order valence-electron chi connectivity index (χ2n) is 5.67. The number of carbonyl (C=O) groups excluding carboxylic acids is 1. The van der Waals surface area contributed by atoms with E-state index in [1.165, 1.54) is 29.9 Å². The number of nitrogens with zero attached hydrogens (tertiary/aromatic N) is 3. The minimum atomic E-state index is 0.142. The summed E-state index contributed by atoms with van der Waals surface area (Å²) in [4.78, 5) is 20.0. The first-order chi connectivity index (χ1) is 10.2. The second-order valence-corrected chi connectivity index (χ2v) is 6.53. The molecule has 3 heterocycles. The largest absolute Gasteiger partial charge is 0.353 e. The van der Waals surface area contributed by atoms with Gasteiger partial charge in [0.2, 0.25) is 0 Å². The van der Waals surface area contributed by atoms with Gasteiger partial charge in [-0.15, -0.1) is 11.3 Å². The number of hydrogen-bond acceptors (Lipinski definition) is 3. The van der Waals surface area contributed by atoms with Crippen molar-refractivity contribution in [3.63, 3.8) is 0 Å². The van der Waals surface area contributed by atoms with E-state index in [0.29, 0.717) is 0 Å². The van der Waals surface area contributed by atoms with E-state index < -0.39 is 0 Å². The number of aryl methyl sites for hydroxylation is 2. The first-order valence-corrected chi connectivity index (χ1v) is 8.38. The first-order valence-electron chi connectivity index (χ1n) is 7.51. The number of aromatic nitrogens is 2. The number of hydrogen-bond donors (Lipinski definition) is 0. The Balaban J connectivity index is 1.94. The Morgan fingerprint density at radius 2 is 2.24 bits per heavy atom. The van der Waals surface area contributed by atoms with Crippen molar-refractivity contribution in [2.45, 2.75) is 38.6 Å². The topological polar surface area (TPSA) is 38.1 Å². The monoisotopic (exact) mass is 303 g/mol. The number of carbonyl (C=O) groups is 1. The highest BCUT2D eigenvalue weighted by Crippen LogP contribution is 2.32. The summed E-state index contributed by atoms with van der Waals surface area (Å²) in [5, 5.41) is 0. The third kappa shape index (κ3) is 2.75. The molecule has 1 aliphatic heterocycles. The molecule has 1 amide bonds. The Bertz CT molecular complexity index is 631. The molecule has 21 heavy (non-hydrogen) atoms. The molecule has 1 aliphatic rings. The van der Waals surface area contributed by atoms with Gasteiger partial charge in [-0.05, 0) is 31.9 Å². The molecular weight excluding hydrogens is 282 g/mol. The minimum absolute atomic E-state index is 0.142. The van der Waals surface area contributed by atoms with Gasteiger partial charge >= 0.3 is 0 Å². The fourth-order valence-electron chi connectivity index (χ4n) is 3.12. The standard InChI is InChI=1S/C16H21N3OS/c1-12-15(21-11-17-12)16(20)19-10-5-3-4-7-14(19)13-8-6-9-18(13)2/h6,8-9,11,14H,3-5,7,10H2,1-2H3. The van der Waals surface area contributed by atoms with Crippen LogP contribution >= 0.6 is 11.3 Å². The summed E-state index contributed by atoms with van der Waals surface area (Å²) in [6.45, 7) is 2.76. The van der Waals surface area contributed by atoms with Crippen molar-refractivity contribution in [3.8, 4) is 0 Å². The third-order valence-corrected chi connectivity index (χ3v) is 5.20. The maximum absolute atomic E-state index is 12.9. The summed E-state index contributed by atoms with van der Waals surface area (Å²) in [5.74, 6) is 0.142. The summed E-state index contributed by atoms with van der Waals surface area (Å²) >= 11 is 1.45. The summed E-state index contributed by atoms with van der Waals surface area (Å²) in [7, 11) is 2.06. The molecule has 5 heteroatoms. The van der Waals surface area contributed by atoms with E-state index in [9.17, 15) is 4.79 Å².